The summed E-state index contributed by atoms with van der Waals surface area (Å²) in [5.41, 5.74) is 0. The van der Waals surface area contributed by atoms with Crippen LogP contribution in [0.2, 0.25) is 0 Å². The number of hydrogen-bond donors (Lipinski definition) is 1. The van der Waals surface area contributed by atoms with Crippen molar-refractivity contribution in [3.05, 3.63) is 15.0 Å². The van der Waals surface area contributed by atoms with Gasteiger partial charge in [0.25, 0.3) is 0 Å². The minimum atomic E-state index is -0.301. The third kappa shape index (κ3) is 12.2. The van der Waals surface area contributed by atoms with E-state index in [4.69, 9.17) is 9.47 Å². The number of hydrogen-bond acceptors (Lipinski definition) is 12. The van der Waals surface area contributed by atoms with Crippen LogP contribution in [0.15, 0.2) is 0 Å². The van der Waals surface area contributed by atoms with Crippen LogP contribution in [-0.4, -0.2) is 57.2 Å². The molecule has 2 aromatic heterocycles. The number of Topliss-reactive ketones (excluding diaryl/α,β-unsaturated/α-hetero) is 1. The van der Waals surface area contributed by atoms with Crippen LogP contribution in [0.25, 0.3) is 0 Å². The van der Waals surface area contributed by atoms with Crippen molar-refractivity contribution in [1.82, 2.24) is 20.4 Å². The Labute approximate surface area is 218 Å². The average molecular weight is 540 g/mol. The largest absolute Gasteiger partial charge is 0.466 e. The first-order chi connectivity index (χ1) is 17.4. The lowest BCUT2D eigenvalue weighted by Gasteiger charge is -2.02. The summed E-state index contributed by atoms with van der Waals surface area (Å²) in [4.78, 5) is 46.7. The molecule has 0 aromatic carbocycles. The topological polar surface area (TPSA) is 150 Å². The number of rotatable bonds is 18. The number of aryl methyl sites for hydroxylation is 2. The van der Waals surface area contributed by atoms with E-state index in [2.05, 4.69) is 25.7 Å². The van der Waals surface area contributed by atoms with Gasteiger partial charge >= 0.3 is 11.9 Å². The summed E-state index contributed by atoms with van der Waals surface area (Å²) in [6, 6.07) is 0. The van der Waals surface area contributed by atoms with Gasteiger partial charge < -0.3 is 14.8 Å². The summed E-state index contributed by atoms with van der Waals surface area (Å²) < 4.78 is 9.69. The van der Waals surface area contributed by atoms with Gasteiger partial charge in [-0.25, -0.2) is 0 Å². The van der Waals surface area contributed by atoms with Crippen LogP contribution in [0, 0.1) is 0 Å². The fourth-order valence-corrected chi connectivity index (χ4v) is 4.86. The molecule has 36 heavy (non-hydrogen) atoms. The van der Waals surface area contributed by atoms with Gasteiger partial charge in [0.05, 0.1) is 19.6 Å². The van der Waals surface area contributed by atoms with Gasteiger partial charge in [0.2, 0.25) is 11.0 Å². The summed E-state index contributed by atoms with van der Waals surface area (Å²) in [6.07, 6.45) is 5.42. The van der Waals surface area contributed by atoms with Crippen molar-refractivity contribution in [2.45, 2.75) is 84.5 Å². The van der Waals surface area contributed by atoms with E-state index in [1.165, 1.54) is 22.7 Å². The molecule has 0 aliphatic carbocycles. The second-order valence-electron chi connectivity index (χ2n) is 7.88. The van der Waals surface area contributed by atoms with Crippen LogP contribution in [0.4, 0.5) is 5.13 Å². The van der Waals surface area contributed by atoms with Crippen molar-refractivity contribution in [1.29, 1.82) is 0 Å². The normalized spacial score (nSPS) is 10.7. The molecular weight excluding hydrogens is 506 g/mol. The Bertz CT molecular complexity index is 915. The molecule has 0 spiro atoms. The molecule has 1 N–H and O–H groups in total. The number of amides is 1. The van der Waals surface area contributed by atoms with E-state index in [0.29, 0.717) is 42.6 Å². The Morgan fingerprint density at radius 3 is 1.89 bits per heavy atom. The number of unbranched alkanes of at least 4 members (excludes halogenated alkanes) is 1. The highest BCUT2D eigenvalue weighted by molar-refractivity contribution is 7.15. The number of anilines is 1. The summed E-state index contributed by atoms with van der Waals surface area (Å²) in [5, 5.41) is 22.0. The highest BCUT2D eigenvalue weighted by Crippen LogP contribution is 2.19. The van der Waals surface area contributed by atoms with Crippen LogP contribution in [-0.2, 0) is 47.9 Å². The second-order valence-corrected chi connectivity index (χ2v) is 10.1. The van der Waals surface area contributed by atoms with Crippen molar-refractivity contribution >= 4 is 51.4 Å². The molecule has 198 valence electrons. The van der Waals surface area contributed by atoms with E-state index in [0.717, 1.165) is 35.7 Å². The summed E-state index contributed by atoms with van der Waals surface area (Å²) in [7, 11) is 0. The van der Waals surface area contributed by atoms with Gasteiger partial charge in [0, 0.05) is 38.5 Å². The number of carbonyl (C=O) groups is 4. The predicted molar refractivity (Wildman–Crippen MR) is 135 cm³/mol. The van der Waals surface area contributed by atoms with Gasteiger partial charge in [-0.1, -0.05) is 11.3 Å². The lowest BCUT2D eigenvalue weighted by Crippen LogP contribution is -2.12. The molecule has 2 heterocycles. The molecule has 0 atom stereocenters. The number of aromatic nitrogens is 4. The number of esters is 2. The van der Waals surface area contributed by atoms with Gasteiger partial charge in [-0.2, -0.15) is 0 Å². The Hall–Kier alpha value is -2.80. The fraction of sp³-hybridized carbons (Fsp3) is 0.652. The Kier molecular flexibility index (Phi) is 13.7. The monoisotopic (exact) mass is 539 g/mol. The molecule has 1 amide bonds. The molecule has 0 aliphatic rings. The molecule has 0 saturated heterocycles. The number of nitrogens with zero attached hydrogens (tertiary/aromatic N) is 4. The van der Waals surface area contributed by atoms with Crippen LogP contribution in [0.5, 0.6) is 0 Å². The molecule has 2 aromatic rings. The molecule has 0 unspecified atom stereocenters. The molecule has 13 heteroatoms. The van der Waals surface area contributed by atoms with E-state index in [9.17, 15) is 19.2 Å². The quantitative estimate of drug-likeness (QED) is 0.220. The zero-order valence-electron chi connectivity index (χ0n) is 20.7. The summed E-state index contributed by atoms with van der Waals surface area (Å²) in [6.45, 7) is 4.18. The third-order valence-electron chi connectivity index (χ3n) is 4.83. The molecule has 0 bridgehead atoms. The zero-order valence-corrected chi connectivity index (χ0v) is 22.4. The van der Waals surface area contributed by atoms with Crippen molar-refractivity contribution in [2.24, 2.45) is 0 Å². The van der Waals surface area contributed by atoms with Gasteiger partial charge in [-0.05, 0) is 39.5 Å². The number of ketones is 1. The molecule has 11 nitrogen and oxygen atoms in total. The maximum Gasteiger partial charge on any atom is 0.305 e. The lowest BCUT2D eigenvalue weighted by atomic mass is 10.1. The molecule has 2 rings (SSSR count). The standard InChI is InChI=1S/C23H33N5O6S2/c1-3-33-21(31)13-7-9-16(29)15-20-27-25-18(35-20)11-5-6-12-19-26-28-23(36-19)24-17(30)10-8-14-22(32)34-4-2/h3-15H2,1-2H3,(H,24,28,30). The Morgan fingerprint density at radius 2 is 1.25 bits per heavy atom. The van der Waals surface area contributed by atoms with Crippen molar-refractivity contribution in [3.63, 3.8) is 0 Å². The Balaban J connectivity index is 1.60. The Morgan fingerprint density at radius 1 is 0.694 bits per heavy atom. The van der Waals surface area contributed by atoms with Gasteiger partial charge in [-0.15, -0.1) is 31.7 Å². The average Bonchev–Trinajstić information content (AvgIpc) is 3.46. The first kappa shape index (κ1) is 29.4. The van der Waals surface area contributed by atoms with Crippen LogP contribution in [0.1, 0.15) is 80.2 Å². The first-order valence-corrected chi connectivity index (χ1v) is 13.8. The SMILES string of the molecule is CCOC(=O)CCCC(=O)Cc1nnc(CCCCc2nnc(NC(=O)CCCC(=O)OCC)s2)s1. The van der Waals surface area contributed by atoms with Crippen molar-refractivity contribution < 1.29 is 28.7 Å². The van der Waals surface area contributed by atoms with Crippen molar-refractivity contribution in [2.75, 3.05) is 18.5 Å². The van der Waals surface area contributed by atoms with E-state index < -0.39 is 0 Å². The molecule has 0 fully saturated rings. The van der Waals surface area contributed by atoms with E-state index in [-0.39, 0.29) is 49.3 Å². The number of nitrogens with one attached hydrogen (secondary N) is 1. The molecular formula is C23H33N5O6S2. The molecule has 0 aliphatic heterocycles. The van der Waals surface area contributed by atoms with Gasteiger partial charge in [-0.3, -0.25) is 19.2 Å². The summed E-state index contributed by atoms with van der Waals surface area (Å²) >= 11 is 2.78. The van der Waals surface area contributed by atoms with Crippen LogP contribution >= 0.6 is 22.7 Å². The highest BCUT2D eigenvalue weighted by Gasteiger charge is 2.12. The minimum Gasteiger partial charge on any atom is -0.466 e. The molecule has 0 saturated carbocycles. The second kappa shape index (κ2) is 16.8. The fourth-order valence-electron chi connectivity index (χ4n) is 3.15. The first-order valence-electron chi connectivity index (χ1n) is 12.2. The van der Waals surface area contributed by atoms with E-state index in [1.807, 2.05) is 0 Å². The van der Waals surface area contributed by atoms with Gasteiger partial charge in [0.15, 0.2) is 0 Å². The van der Waals surface area contributed by atoms with Crippen LogP contribution < -0.4 is 5.32 Å². The number of carbonyl (C=O) groups excluding carboxylic acids is 4. The van der Waals surface area contributed by atoms with E-state index in [1.54, 1.807) is 13.8 Å². The van der Waals surface area contributed by atoms with E-state index >= 15 is 0 Å². The highest BCUT2D eigenvalue weighted by atomic mass is 32.1. The third-order valence-corrected chi connectivity index (χ3v) is 6.71. The zero-order chi connectivity index (χ0) is 26.2. The smallest absolute Gasteiger partial charge is 0.305 e. The van der Waals surface area contributed by atoms with Crippen LogP contribution in [0.3, 0.4) is 0 Å². The maximum absolute atomic E-state index is 12.1. The number of ether oxygens (including phenoxy) is 2. The molecule has 0 radical (unpaired) electrons. The lowest BCUT2D eigenvalue weighted by molar-refractivity contribution is -0.144. The minimum absolute atomic E-state index is 0.0418. The summed E-state index contributed by atoms with van der Waals surface area (Å²) in [5.74, 6) is -0.739. The predicted octanol–water partition coefficient (Wildman–Crippen LogP) is 3.47. The maximum atomic E-state index is 12.1. The van der Waals surface area contributed by atoms with Gasteiger partial charge in [0.1, 0.15) is 20.8 Å². The van der Waals surface area contributed by atoms with Crippen molar-refractivity contribution in [3.8, 4) is 0 Å².